The number of rotatable bonds is 2. The van der Waals surface area contributed by atoms with Gasteiger partial charge in [0.15, 0.2) is 11.9 Å². The lowest BCUT2D eigenvalue weighted by Crippen LogP contribution is -2.53. The van der Waals surface area contributed by atoms with E-state index in [1.165, 1.54) is 77.0 Å². The highest BCUT2D eigenvalue weighted by molar-refractivity contribution is 5.97. The minimum Gasteiger partial charge on any atom is -0.370 e. The summed E-state index contributed by atoms with van der Waals surface area (Å²) in [6, 6.07) is 0. The summed E-state index contributed by atoms with van der Waals surface area (Å²) in [5, 5.41) is 3.19. The maximum atomic E-state index is 6.34. The fourth-order valence-electron chi connectivity index (χ4n) is 9.10. The first kappa shape index (κ1) is 16.7. The number of hydrogen-bond acceptors (Lipinski definition) is 2. The molecule has 8 aliphatic rings. The molecule has 5 heteroatoms. The minimum absolute atomic E-state index is 0.0901. The number of nitrogens with two attached hydrogens (primary N) is 2. The molecular weight excluding hydrogens is 334 g/mol. The summed E-state index contributed by atoms with van der Waals surface area (Å²) < 4.78 is 0. The SMILES string of the molecule is NC(=NC12CC3CC(CC(C3)C1)C2)NC(N)=NC12CC3CC(CC(C3)C1)C2. The molecule has 0 aromatic heterocycles. The van der Waals surface area contributed by atoms with Crippen LogP contribution in [0.15, 0.2) is 9.98 Å². The largest absolute Gasteiger partial charge is 0.370 e. The zero-order valence-corrected chi connectivity index (χ0v) is 16.5. The zero-order chi connectivity index (χ0) is 18.2. The summed E-state index contributed by atoms with van der Waals surface area (Å²) in [7, 11) is 0. The van der Waals surface area contributed by atoms with Gasteiger partial charge in [0.2, 0.25) is 0 Å². The van der Waals surface area contributed by atoms with Crippen LogP contribution >= 0.6 is 0 Å². The number of nitrogens with zero attached hydrogens (tertiary/aromatic N) is 2. The third-order valence-corrected chi connectivity index (χ3v) is 8.98. The Bertz CT molecular complexity index is 564. The van der Waals surface area contributed by atoms with Crippen molar-refractivity contribution in [2.24, 2.45) is 57.0 Å². The van der Waals surface area contributed by atoms with Crippen molar-refractivity contribution < 1.29 is 0 Å². The molecule has 0 unspecified atom stereocenters. The Morgan fingerprint density at radius 2 is 0.815 bits per heavy atom. The molecule has 148 valence electrons. The molecule has 8 saturated carbocycles. The summed E-state index contributed by atoms with van der Waals surface area (Å²) in [5.41, 5.74) is 12.9. The molecule has 0 spiro atoms. The lowest BCUT2D eigenvalue weighted by Gasteiger charge is -2.55. The van der Waals surface area contributed by atoms with Crippen LogP contribution in [0.3, 0.4) is 0 Å². The first-order chi connectivity index (χ1) is 13.0. The molecule has 5 N–H and O–H groups in total. The van der Waals surface area contributed by atoms with Gasteiger partial charge in [-0.1, -0.05) is 0 Å². The van der Waals surface area contributed by atoms with Crippen LogP contribution in [0.1, 0.15) is 77.0 Å². The topological polar surface area (TPSA) is 88.8 Å². The highest BCUT2D eigenvalue weighted by atomic mass is 15.2. The molecule has 0 aliphatic heterocycles. The van der Waals surface area contributed by atoms with Gasteiger partial charge in [-0.3, -0.25) is 5.32 Å². The van der Waals surface area contributed by atoms with Crippen molar-refractivity contribution in [1.29, 1.82) is 0 Å². The molecule has 27 heavy (non-hydrogen) atoms. The van der Waals surface area contributed by atoms with Gasteiger partial charge in [-0.05, 0) is 113 Å². The van der Waals surface area contributed by atoms with Crippen molar-refractivity contribution in [2.75, 3.05) is 0 Å². The number of guanidine groups is 2. The normalized spacial score (nSPS) is 53.2. The van der Waals surface area contributed by atoms with E-state index in [2.05, 4.69) is 5.32 Å². The van der Waals surface area contributed by atoms with Crippen molar-refractivity contribution in [3.05, 3.63) is 0 Å². The summed E-state index contributed by atoms with van der Waals surface area (Å²) >= 11 is 0. The molecule has 0 aromatic rings. The van der Waals surface area contributed by atoms with Crippen LogP contribution in [0.25, 0.3) is 0 Å². The Morgan fingerprint density at radius 3 is 1.07 bits per heavy atom. The molecule has 0 heterocycles. The van der Waals surface area contributed by atoms with E-state index >= 15 is 0 Å². The second kappa shape index (κ2) is 5.64. The van der Waals surface area contributed by atoms with Crippen LogP contribution in [0.5, 0.6) is 0 Å². The van der Waals surface area contributed by atoms with Crippen molar-refractivity contribution in [3.8, 4) is 0 Å². The van der Waals surface area contributed by atoms with Gasteiger partial charge in [-0.25, -0.2) is 9.98 Å². The second-order valence-corrected chi connectivity index (χ2v) is 11.4. The average molecular weight is 370 g/mol. The molecule has 0 radical (unpaired) electrons. The lowest BCUT2D eigenvalue weighted by molar-refractivity contribution is 0.00135. The maximum Gasteiger partial charge on any atom is 0.195 e. The van der Waals surface area contributed by atoms with Crippen LogP contribution in [-0.2, 0) is 0 Å². The fraction of sp³-hybridized carbons (Fsp3) is 0.909. The van der Waals surface area contributed by atoms with E-state index in [-0.39, 0.29) is 11.1 Å². The van der Waals surface area contributed by atoms with E-state index in [1.807, 2.05) is 0 Å². The minimum atomic E-state index is 0.0901. The van der Waals surface area contributed by atoms with Crippen molar-refractivity contribution in [3.63, 3.8) is 0 Å². The quantitative estimate of drug-likeness (QED) is 0.516. The zero-order valence-electron chi connectivity index (χ0n) is 16.5. The van der Waals surface area contributed by atoms with Gasteiger partial charge >= 0.3 is 0 Å². The summed E-state index contributed by atoms with van der Waals surface area (Å²) in [4.78, 5) is 10.1. The summed E-state index contributed by atoms with van der Waals surface area (Å²) in [5.74, 6) is 6.29. The molecule has 0 saturated heterocycles. The third-order valence-electron chi connectivity index (χ3n) is 8.98. The monoisotopic (exact) mass is 369 g/mol. The summed E-state index contributed by atoms with van der Waals surface area (Å²) in [6.07, 6.45) is 15.9. The predicted molar refractivity (Wildman–Crippen MR) is 108 cm³/mol. The Hall–Kier alpha value is -1.26. The van der Waals surface area contributed by atoms with Crippen molar-refractivity contribution in [1.82, 2.24) is 5.32 Å². The maximum absolute atomic E-state index is 6.34. The van der Waals surface area contributed by atoms with Gasteiger partial charge in [0, 0.05) is 0 Å². The molecule has 8 bridgehead atoms. The average Bonchev–Trinajstić information content (AvgIpc) is 2.50. The smallest absolute Gasteiger partial charge is 0.195 e. The van der Waals surface area contributed by atoms with E-state index in [0.717, 1.165) is 35.5 Å². The van der Waals surface area contributed by atoms with E-state index in [4.69, 9.17) is 21.5 Å². The second-order valence-electron chi connectivity index (χ2n) is 11.4. The Kier molecular flexibility index (Phi) is 3.48. The van der Waals surface area contributed by atoms with E-state index in [0.29, 0.717) is 11.9 Å². The molecule has 8 fully saturated rings. The van der Waals surface area contributed by atoms with Crippen LogP contribution in [0, 0.1) is 35.5 Å². The Balaban J connectivity index is 1.18. The van der Waals surface area contributed by atoms with Gasteiger partial charge in [-0.15, -0.1) is 0 Å². The van der Waals surface area contributed by atoms with Crippen LogP contribution < -0.4 is 16.8 Å². The Morgan fingerprint density at radius 1 is 0.556 bits per heavy atom. The first-order valence-corrected chi connectivity index (χ1v) is 11.4. The number of nitrogens with one attached hydrogen (secondary N) is 1. The van der Waals surface area contributed by atoms with Gasteiger partial charge in [0.05, 0.1) is 11.1 Å². The molecular formula is C22H35N5. The molecule has 0 atom stereocenters. The lowest BCUT2D eigenvalue weighted by atomic mass is 9.53. The molecule has 8 aliphatic carbocycles. The van der Waals surface area contributed by atoms with E-state index < -0.39 is 0 Å². The van der Waals surface area contributed by atoms with Crippen LogP contribution in [0.2, 0.25) is 0 Å². The van der Waals surface area contributed by atoms with E-state index in [1.54, 1.807) is 0 Å². The summed E-state index contributed by atoms with van der Waals surface area (Å²) in [6.45, 7) is 0. The molecule has 5 nitrogen and oxygen atoms in total. The van der Waals surface area contributed by atoms with Gasteiger partial charge in [0.1, 0.15) is 0 Å². The standard InChI is InChI=1S/C22H35N5/c23-19(26-21-7-13-1-14(8-21)3-15(2-13)9-21)25-20(24)27-22-10-16-4-17(11-22)6-18(5-16)12-22/h13-18H,1-12H2,(H5,23,24,25,26,27). The first-order valence-electron chi connectivity index (χ1n) is 11.4. The predicted octanol–water partition coefficient (Wildman–Crippen LogP) is 3.14. The number of hydrogen-bond donors (Lipinski definition) is 3. The molecule has 0 amide bonds. The van der Waals surface area contributed by atoms with Crippen LogP contribution in [0.4, 0.5) is 0 Å². The highest BCUT2D eigenvalue weighted by Gasteiger charge is 2.52. The van der Waals surface area contributed by atoms with Crippen molar-refractivity contribution in [2.45, 2.75) is 88.1 Å². The fourth-order valence-corrected chi connectivity index (χ4v) is 9.10. The highest BCUT2D eigenvalue weighted by Crippen LogP contribution is 2.58. The van der Waals surface area contributed by atoms with Gasteiger partial charge < -0.3 is 11.5 Å². The van der Waals surface area contributed by atoms with Crippen molar-refractivity contribution >= 4 is 11.9 Å². The third kappa shape index (κ3) is 2.87. The van der Waals surface area contributed by atoms with Gasteiger partial charge in [0.25, 0.3) is 0 Å². The Labute approximate surface area is 162 Å². The number of aliphatic imine (C=N–C) groups is 2. The van der Waals surface area contributed by atoms with Crippen LogP contribution in [-0.4, -0.2) is 23.0 Å². The molecule has 8 rings (SSSR count). The van der Waals surface area contributed by atoms with E-state index in [9.17, 15) is 0 Å². The molecule has 0 aromatic carbocycles. The van der Waals surface area contributed by atoms with Gasteiger partial charge in [-0.2, -0.15) is 0 Å².